The van der Waals surface area contributed by atoms with Crippen LogP contribution in [0.25, 0.3) is 11.1 Å². The Labute approximate surface area is 152 Å². The highest BCUT2D eigenvalue weighted by molar-refractivity contribution is 5.96. The normalized spacial score (nSPS) is 10.7. The predicted molar refractivity (Wildman–Crippen MR) is 98.5 cm³/mol. The molecule has 0 aliphatic rings. The molecule has 4 nitrogen and oxygen atoms in total. The Hall–Kier alpha value is -2.95. The number of benzene rings is 2. The molecule has 0 radical (unpaired) electrons. The second kappa shape index (κ2) is 7.95. The Bertz CT molecular complexity index is 881. The van der Waals surface area contributed by atoms with Crippen LogP contribution in [-0.2, 0) is 6.42 Å². The molecule has 134 valence electrons. The summed E-state index contributed by atoms with van der Waals surface area (Å²) in [7, 11) is 0. The first-order chi connectivity index (χ1) is 12.6. The fraction of sp³-hybridized carbons (Fsp3) is 0.238. The molecule has 1 heterocycles. The van der Waals surface area contributed by atoms with Crippen LogP contribution in [0.4, 0.5) is 4.39 Å². The van der Waals surface area contributed by atoms with Crippen molar-refractivity contribution in [2.45, 2.75) is 26.7 Å². The van der Waals surface area contributed by atoms with Gasteiger partial charge in [0.05, 0.1) is 5.69 Å². The molecule has 5 heteroatoms. The lowest BCUT2D eigenvalue weighted by Gasteiger charge is -2.07. The van der Waals surface area contributed by atoms with E-state index in [9.17, 15) is 9.18 Å². The van der Waals surface area contributed by atoms with Crippen molar-refractivity contribution in [2.24, 2.45) is 0 Å². The molecular formula is C21H21FN2O2. The number of rotatable bonds is 6. The number of hydrogen-bond donors (Lipinski definition) is 1. The maximum Gasteiger partial charge on any atom is 0.256 e. The fourth-order valence-electron chi connectivity index (χ4n) is 2.94. The Morgan fingerprint density at radius 2 is 1.85 bits per heavy atom. The molecule has 1 aromatic heterocycles. The highest BCUT2D eigenvalue weighted by atomic mass is 19.1. The summed E-state index contributed by atoms with van der Waals surface area (Å²) in [6.45, 7) is 4.05. The van der Waals surface area contributed by atoms with Crippen LogP contribution in [0.1, 0.15) is 33.8 Å². The second-order valence-electron chi connectivity index (χ2n) is 6.24. The molecule has 26 heavy (non-hydrogen) atoms. The third-order valence-electron chi connectivity index (χ3n) is 4.33. The first-order valence-electron chi connectivity index (χ1n) is 8.61. The summed E-state index contributed by atoms with van der Waals surface area (Å²) in [5.74, 6) is 0.155. The Morgan fingerprint density at radius 3 is 2.50 bits per heavy atom. The molecule has 0 spiro atoms. The second-order valence-corrected chi connectivity index (χ2v) is 6.24. The summed E-state index contributed by atoms with van der Waals surface area (Å²) in [5, 5.41) is 6.68. The number of amides is 1. The van der Waals surface area contributed by atoms with Gasteiger partial charge in [0.2, 0.25) is 0 Å². The van der Waals surface area contributed by atoms with Crippen LogP contribution < -0.4 is 5.32 Å². The van der Waals surface area contributed by atoms with Gasteiger partial charge in [-0.25, -0.2) is 4.39 Å². The number of nitrogens with one attached hydrogen (secondary N) is 1. The van der Waals surface area contributed by atoms with Gasteiger partial charge in [0.1, 0.15) is 17.1 Å². The van der Waals surface area contributed by atoms with Crippen LogP contribution >= 0.6 is 0 Å². The minimum absolute atomic E-state index is 0.156. The quantitative estimate of drug-likeness (QED) is 0.666. The van der Waals surface area contributed by atoms with Crippen molar-refractivity contribution in [1.82, 2.24) is 10.5 Å². The van der Waals surface area contributed by atoms with Gasteiger partial charge < -0.3 is 9.84 Å². The van der Waals surface area contributed by atoms with Crippen LogP contribution in [-0.4, -0.2) is 17.6 Å². The minimum atomic E-state index is -0.220. The van der Waals surface area contributed by atoms with E-state index in [0.29, 0.717) is 29.1 Å². The molecule has 1 amide bonds. The van der Waals surface area contributed by atoms with Crippen molar-refractivity contribution in [3.63, 3.8) is 0 Å². The van der Waals surface area contributed by atoms with Crippen molar-refractivity contribution in [2.75, 3.05) is 6.54 Å². The maximum absolute atomic E-state index is 13.8. The topological polar surface area (TPSA) is 55.1 Å². The van der Waals surface area contributed by atoms with Crippen molar-refractivity contribution in [3.05, 3.63) is 76.9 Å². The summed E-state index contributed by atoms with van der Waals surface area (Å²) in [4.78, 5) is 12.1. The number of hydrogen-bond acceptors (Lipinski definition) is 3. The highest BCUT2D eigenvalue weighted by Crippen LogP contribution is 2.23. The molecule has 0 aliphatic carbocycles. The molecule has 3 rings (SSSR count). The number of aryl methyl sites for hydroxylation is 3. The summed E-state index contributed by atoms with van der Waals surface area (Å²) >= 11 is 0. The third kappa shape index (κ3) is 3.99. The maximum atomic E-state index is 13.8. The monoisotopic (exact) mass is 352 g/mol. The molecule has 1 N–H and O–H groups in total. The number of nitrogens with zero attached hydrogens (tertiary/aromatic N) is 1. The minimum Gasteiger partial charge on any atom is -0.361 e. The number of carbonyl (C=O) groups excluding carboxylic acids is 1. The predicted octanol–water partition coefficient (Wildman–Crippen LogP) is 4.46. The molecule has 3 aromatic rings. The number of halogens is 1. The zero-order valence-electron chi connectivity index (χ0n) is 14.9. The van der Waals surface area contributed by atoms with Gasteiger partial charge in [0, 0.05) is 12.1 Å². The molecule has 0 saturated heterocycles. The van der Waals surface area contributed by atoms with E-state index in [1.54, 1.807) is 26.0 Å². The van der Waals surface area contributed by atoms with Gasteiger partial charge in [-0.2, -0.15) is 0 Å². The van der Waals surface area contributed by atoms with Gasteiger partial charge in [-0.3, -0.25) is 4.79 Å². The van der Waals surface area contributed by atoms with Crippen LogP contribution in [0.5, 0.6) is 0 Å². The molecule has 0 aliphatic heterocycles. The summed E-state index contributed by atoms with van der Waals surface area (Å²) in [6, 6.07) is 14.6. The molecule has 0 fully saturated rings. The largest absolute Gasteiger partial charge is 0.361 e. The molecule has 0 unspecified atom stereocenters. The molecule has 0 atom stereocenters. The van der Waals surface area contributed by atoms with Crippen molar-refractivity contribution in [1.29, 1.82) is 0 Å². The van der Waals surface area contributed by atoms with Gasteiger partial charge in [0.15, 0.2) is 0 Å². The zero-order chi connectivity index (χ0) is 18.5. The highest BCUT2D eigenvalue weighted by Gasteiger charge is 2.16. The lowest BCUT2D eigenvalue weighted by Crippen LogP contribution is -2.25. The van der Waals surface area contributed by atoms with Gasteiger partial charge in [-0.05, 0) is 43.9 Å². The summed E-state index contributed by atoms with van der Waals surface area (Å²) in [5.41, 5.74) is 3.73. The van der Waals surface area contributed by atoms with Gasteiger partial charge >= 0.3 is 0 Å². The first-order valence-corrected chi connectivity index (χ1v) is 8.61. The molecule has 0 saturated carbocycles. The smallest absolute Gasteiger partial charge is 0.256 e. The lowest BCUT2D eigenvalue weighted by atomic mass is 10.0. The Morgan fingerprint density at radius 1 is 1.12 bits per heavy atom. The van der Waals surface area contributed by atoms with Crippen LogP contribution in [0.15, 0.2) is 53.1 Å². The standard InChI is InChI=1S/C21H21FN2O2/c1-14-20(15(2)26-24-14)21(25)23-13-5-6-16-9-11-17(12-10-16)18-7-3-4-8-19(18)22/h3-4,7-12H,5-6,13H2,1-2H3,(H,23,25). The van der Waals surface area contributed by atoms with E-state index in [1.807, 2.05) is 30.3 Å². The van der Waals surface area contributed by atoms with Gasteiger partial charge in [0.25, 0.3) is 5.91 Å². The van der Waals surface area contributed by atoms with Crippen molar-refractivity contribution in [3.8, 4) is 11.1 Å². The van der Waals surface area contributed by atoms with E-state index in [2.05, 4.69) is 10.5 Å². The average molecular weight is 352 g/mol. The Kier molecular flexibility index (Phi) is 5.46. The van der Waals surface area contributed by atoms with Crippen LogP contribution in [0.3, 0.4) is 0 Å². The van der Waals surface area contributed by atoms with E-state index < -0.39 is 0 Å². The Balaban J connectivity index is 1.51. The van der Waals surface area contributed by atoms with Crippen molar-refractivity contribution < 1.29 is 13.7 Å². The van der Waals surface area contributed by atoms with E-state index in [1.165, 1.54) is 6.07 Å². The molecular weight excluding hydrogens is 331 g/mol. The van der Waals surface area contributed by atoms with E-state index in [-0.39, 0.29) is 11.7 Å². The summed E-state index contributed by atoms with van der Waals surface area (Å²) in [6.07, 6.45) is 1.65. The van der Waals surface area contributed by atoms with Gasteiger partial charge in [-0.15, -0.1) is 0 Å². The third-order valence-corrected chi connectivity index (χ3v) is 4.33. The average Bonchev–Trinajstić information content (AvgIpc) is 2.98. The van der Waals surface area contributed by atoms with Gasteiger partial charge in [-0.1, -0.05) is 47.6 Å². The zero-order valence-corrected chi connectivity index (χ0v) is 14.9. The SMILES string of the molecule is Cc1noc(C)c1C(=O)NCCCc1ccc(-c2ccccc2F)cc1. The van der Waals surface area contributed by atoms with Crippen LogP contribution in [0.2, 0.25) is 0 Å². The van der Waals surface area contributed by atoms with E-state index in [4.69, 9.17) is 4.52 Å². The van der Waals surface area contributed by atoms with Crippen LogP contribution in [0, 0.1) is 19.7 Å². The lowest BCUT2D eigenvalue weighted by molar-refractivity contribution is 0.0951. The number of carbonyl (C=O) groups is 1. The van der Waals surface area contributed by atoms with Crippen molar-refractivity contribution >= 4 is 5.91 Å². The van der Waals surface area contributed by atoms with E-state index in [0.717, 1.165) is 24.0 Å². The fourth-order valence-corrected chi connectivity index (χ4v) is 2.94. The number of aromatic nitrogens is 1. The molecule has 0 bridgehead atoms. The molecule has 2 aromatic carbocycles. The van der Waals surface area contributed by atoms with E-state index >= 15 is 0 Å². The first kappa shape index (κ1) is 17.9. The summed E-state index contributed by atoms with van der Waals surface area (Å²) < 4.78 is 18.8.